The first-order valence-corrected chi connectivity index (χ1v) is 19.1. The molecule has 0 bridgehead atoms. The third kappa shape index (κ3) is 10.1. The second kappa shape index (κ2) is 18.1. The topological polar surface area (TPSA) is 168 Å². The zero-order chi connectivity index (χ0) is 38.2. The summed E-state index contributed by atoms with van der Waals surface area (Å²) in [6.45, 7) is 4.47. The van der Waals surface area contributed by atoms with Crippen LogP contribution < -0.4 is 16.0 Å². The lowest BCUT2D eigenvalue weighted by Gasteiger charge is -2.25. The molecule has 11 nitrogen and oxygen atoms in total. The molecule has 6 rings (SSSR count). The molecule has 3 fully saturated rings. The number of halogens is 1. The zero-order valence-electron chi connectivity index (χ0n) is 30.5. The van der Waals surface area contributed by atoms with Gasteiger partial charge in [-0.15, -0.1) is 0 Å². The summed E-state index contributed by atoms with van der Waals surface area (Å²) in [6, 6.07) is 19.2. The summed E-state index contributed by atoms with van der Waals surface area (Å²) in [7, 11) is 0. The molecule has 3 aromatic carbocycles. The monoisotopic (exact) mass is 742 g/mol. The molecule has 0 spiro atoms. The first-order valence-electron chi connectivity index (χ1n) is 19.1. The number of aliphatic carboxylic acids is 3. The first kappa shape index (κ1) is 39.1. The van der Waals surface area contributed by atoms with Crippen molar-refractivity contribution >= 4 is 23.8 Å². The molecule has 54 heavy (non-hydrogen) atoms. The minimum absolute atomic E-state index is 0.0231. The van der Waals surface area contributed by atoms with Gasteiger partial charge in [0.15, 0.2) is 0 Å². The lowest BCUT2D eigenvalue weighted by Crippen LogP contribution is -2.31. The van der Waals surface area contributed by atoms with Crippen molar-refractivity contribution in [3.8, 4) is 0 Å². The van der Waals surface area contributed by atoms with Gasteiger partial charge in [0.1, 0.15) is 5.82 Å². The van der Waals surface area contributed by atoms with Gasteiger partial charge in [0, 0.05) is 18.7 Å². The van der Waals surface area contributed by atoms with E-state index in [1.54, 1.807) is 11.0 Å². The summed E-state index contributed by atoms with van der Waals surface area (Å²) in [6.07, 6.45) is 3.08. The molecule has 288 valence electrons. The summed E-state index contributed by atoms with van der Waals surface area (Å²) in [5.74, 6) is -5.58. The second-order valence-corrected chi connectivity index (χ2v) is 15.4. The second-order valence-electron chi connectivity index (χ2n) is 15.4. The lowest BCUT2D eigenvalue weighted by molar-refractivity contribution is -0.144. The smallest absolute Gasteiger partial charge is 0.307 e. The highest BCUT2D eigenvalue weighted by Crippen LogP contribution is 2.28. The number of hydrogen-bond acceptors (Lipinski definition) is 7. The lowest BCUT2D eigenvalue weighted by atomic mass is 9.85. The molecule has 3 aliphatic heterocycles. The Balaban J connectivity index is 1.28. The van der Waals surface area contributed by atoms with E-state index in [2.05, 4.69) is 16.0 Å². The van der Waals surface area contributed by atoms with Crippen molar-refractivity contribution in [1.29, 1.82) is 0 Å². The number of nitrogens with one attached hydrogen (secondary N) is 3. The first-order chi connectivity index (χ1) is 26.0. The van der Waals surface area contributed by atoms with Gasteiger partial charge in [0.05, 0.1) is 17.8 Å². The van der Waals surface area contributed by atoms with Crippen LogP contribution in [0.15, 0.2) is 66.7 Å². The predicted octanol–water partition coefficient (Wildman–Crippen LogP) is 4.23. The molecule has 3 saturated heterocycles. The number of amides is 1. The summed E-state index contributed by atoms with van der Waals surface area (Å²) in [5, 5.41) is 39.8. The van der Waals surface area contributed by atoms with Crippen molar-refractivity contribution in [2.45, 2.75) is 51.6 Å². The van der Waals surface area contributed by atoms with Crippen LogP contribution in [0.2, 0.25) is 0 Å². The van der Waals surface area contributed by atoms with Crippen molar-refractivity contribution < 1.29 is 38.9 Å². The Bertz CT molecular complexity index is 1720. The van der Waals surface area contributed by atoms with Crippen molar-refractivity contribution in [1.82, 2.24) is 20.9 Å². The van der Waals surface area contributed by atoms with Gasteiger partial charge in [-0.2, -0.15) is 0 Å². The number of carbonyl (C=O) groups excluding carboxylic acids is 1. The fraction of sp³-hybridized carbons (Fsp3) is 0.476. The van der Waals surface area contributed by atoms with Gasteiger partial charge in [0.25, 0.3) is 5.91 Å². The van der Waals surface area contributed by atoms with Crippen LogP contribution in [0, 0.1) is 41.3 Å². The number of nitrogens with zero attached hydrogens (tertiary/aromatic N) is 1. The maximum absolute atomic E-state index is 15.2. The van der Waals surface area contributed by atoms with Crippen molar-refractivity contribution in [3.63, 3.8) is 0 Å². The Morgan fingerprint density at radius 3 is 1.39 bits per heavy atom. The molecule has 3 aliphatic rings. The maximum Gasteiger partial charge on any atom is 0.307 e. The summed E-state index contributed by atoms with van der Waals surface area (Å²) in [5.41, 5.74) is 3.78. The molecule has 0 saturated carbocycles. The average molecular weight is 743 g/mol. The highest BCUT2D eigenvalue weighted by molar-refractivity contribution is 5.94. The maximum atomic E-state index is 15.2. The van der Waals surface area contributed by atoms with Crippen LogP contribution in [-0.4, -0.2) is 83.3 Å². The SMILES string of the molecule is O=C(O)C(Cc1cccc(CN(Cc2cccc(CC(C(=O)O)C3CCNC3)c2)C(=O)c2cc(F)cc(CC(C(=O)O)C3CCNC3)c2)c1)C1CCNC1. The Morgan fingerprint density at radius 1 is 0.593 bits per heavy atom. The van der Waals surface area contributed by atoms with E-state index in [4.69, 9.17) is 0 Å². The molecular formula is C42H51FN4O7. The molecule has 6 N–H and O–H groups in total. The summed E-state index contributed by atoms with van der Waals surface area (Å²) < 4.78 is 15.2. The fourth-order valence-corrected chi connectivity index (χ4v) is 8.61. The van der Waals surface area contributed by atoms with Crippen LogP contribution in [-0.2, 0) is 46.7 Å². The highest BCUT2D eigenvalue weighted by Gasteiger charge is 2.33. The summed E-state index contributed by atoms with van der Waals surface area (Å²) in [4.78, 5) is 52.8. The van der Waals surface area contributed by atoms with Gasteiger partial charge in [0.2, 0.25) is 0 Å². The van der Waals surface area contributed by atoms with Gasteiger partial charge in [-0.1, -0.05) is 48.5 Å². The molecule has 1 amide bonds. The normalized spacial score (nSPS) is 21.4. The zero-order valence-corrected chi connectivity index (χ0v) is 30.5. The van der Waals surface area contributed by atoms with E-state index in [0.29, 0.717) is 44.5 Å². The van der Waals surface area contributed by atoms with E-state index >= 15 is 4.39 Å². The van der Waals surface area contributed by atoms with Crippen LogP contribution in [0.25, 0.3) is 0 Å². The molecule has 3 heterocycles. The van der Waals surface area contributed by atoms with Gasteiger partial charge >= 0.3 is 17.9 Å². The quantitative estimate of drug-likeness (QED) is 0.118. The third-order valence-corrected chi connectivity index (χ3v) is 11.5. The van der Waals surface area contributed by atoms with Crippen LogP contribution in [0.5, 0.6) is 0 Å². The molecule has 6 unspecified atom stereocenters. The van der Waals surface area contributed by atoms with Crippen LogP contribution in [0.1, 0.15) is 57.4 Å². The molecule has 3 aromatic rings. The number of benzene rings is 3. The number of carbonyl (C=O) groups is 4. The number of hydrogen-bond donors (Lipinski definition) is 6. The minimum atomic E-state index is -0.953. The van der Waals surface area contributed by atoms with Crippen molar-refractivity contribution in [3.05, 3.63) is 106 Å². The summed E-state index contributed by atoms with van der Waals surface area (Å²) >= 11 is 0. The molecule has 6 atom stereocenters. The molecule has 0 aliphatic carbocycles. The van der Waals surface area contributed by atoms with Crippen molar-refractivity contribution in [2.24, 2.45) is 35.5 Å². The van der Waals surface area contributed by atoms with E-state index in [1.165, 1.54) is 12.1 Å². The average Bonchev–Trinajstić information content (AvgIpc) is 3.96. The third-order valence-electron chi connectivity index (χ3n) is 11.5. The largest absolute Gasteiger partial charge is 0.481 e. The molecule has 0 radical (unpaired) electrons. The molecule has 12 heteroatoms. The number of carboxylic acid groups (broad SMARTS) is 3. The molecule has 0 aromatic heterocycles. The fourth-order valence-electron chi connectivity index (χ4n) is 8.61. The van der Waals surface area contributed by atoms with E-state index in [1.807, 2.05) is 48.5 Å². The Hall–Kier alpha value is -4.65. The standard InChI is InChI=1S/C42H51FN4O7/c43-35-16-30(19-38(42(53)54)33-9-12-46-23-33)15-34(20-35)39(48)47(24-28-5-1-3-26(13-28)17-36(40(49)50)31-7-10-44-21-31)25-29-6-2-4-27(14-29)18-37(41(51)52)32-8-11-45-22-32/h1-6,13-16,20,31-33,36-38,44-46H,7-12,17-19,21-25H2,(H,49,50)(H,51,52)(H,53,54). The Kier molecular flexibility index (Phi) is 13.1. The van der Waals surface area contributed by atoms with Crippen LogP contribution in [0.3, 0.4) is 0 Å². The predicted molar refractivity (Wildman–Crippen MR) is 200 cm³/mol. The van der Waals surface area contributed by atoms with Gasteiger partial charge < -0.3 is 36.2 Å². The number of rotatable bonds is 17. The van der Waals surface area contributed by atoms with E-state index in [-0.39, 0.29) is 42.8 Å². The van der Waals surface area contributed by atoms with E-state index in [9.17, 15) is 34.5 Å². The number of carboxylic acids is 3. The molecular weight excluding hydrogens is 691 g/mol. The highest BCUT2D eigenvalue weighted by atomic mass is 19.1. The van der Waals surface area contributed by atoms with Gasteiger partial charge in [-0.25, -0.2) is 4.39 Å². The Labute approximate surface area is 315 Å². The Morgan fingerprint density at radius 2 is 1.00 bits per heavy atom. The van der Waals surface area contributed by atoms with Crippen LogP contribution >= 0.6 is 0 Å². The van der Waals surface area contributed by atoms with E-state index in [0.717, 1.165) is 54.7 Å². The van der Waals surface area contributed by atoms with Crippen LogP contribution in [0.4, 0.5) is 4.39 Å². The minimum Gasteiger partial charge on any atom is -0.481 e. The van der Waals surface area contributed by atoms with Gasteiger partial charge in [-0.3, -0.25) is 19.2 Å². The van der Waals surface area contributed by atoms with E-state index < -0.39 is 47.4 Å². The van der Waals surface area contributed by atoms with Crippen molar-refractivity contribution in [2.75, 3.05) is 39.3 Å². The van der Waals surface area contributed by atoms with Gasteiger partial charge in [-0.05, 0) is 142 Å².